The summed E-state index contributed by atoms with van der Waals surface area (Å²) in [6.45, 7) is 0. The third-order valence-corrected chi connectivity index (χ3v) is 8.44. The van der Waals surface area contributed by atoms with Crippen molar-refractivity contribution in [3.8, 4) is 44.5 Å². The highest BCUT2D eigenvalue weighted by molar-refractivity contribution is 6.22. The molecule has 0 unspecified atom stereocenters. The fourth-order valence-corrected chi connectivity index (χ4v) is 6.79. The summed E-state index contributed by atoms with van der Waals surface area (Å²) in [6.07, 6.45) is 0. The van der Waals surface area contributed by atoms with E-state index in [1.807, 2.05) is 0 Å². The van der Waals surface area contributed by atoms with Crippen LogP contribution in [0.5, 0.6) is 0 Å². The Morgan fingerprint density at radius 3 is 1.69 bits per heavy atom. The molecule has 8 aromatic rings. The van der Waals surface area contributed by atoms with Gasteiger partial charge in [0, 0.05) is 16.3 Å². The minimum absolute atomic E-state index is 0.918. The third-order valence-electron chi connectivity index (χ3n) is 8.44. The van der Waals surface area contributed by atoms with E-state index in [0.29, 0.717) is 0 Å². The number of hydrogen-bond acceptors (Lipinski definition) is 1. The van der Waals surface area contributed by atoms with Crippen molar-refractivity contribution in [2.45, 2.75) is 0 Å². The molecule has 0 N–H and O–H groups in total. The second kappa shape index (κ2) is 7.69. The summed E-state index contributed by atoms with van der Waals surface area (Å²) in [5.74, 6) is 0. The predicted octanol–water partition coefficient (Wildman–Crippen LogP) is 10.9. The lowest BCUT2D eigenvalue weighted by Gasteiger charge is -2.10. The monoisotopic (exact) mass is 494 g/mol. The summed E-state index contributed by atoms with van der Waals surface area (Å²) < 4.78 is 6.70. The summed E-state index contributed by atoms with van der Waals surface area (Å²) in [7, 11) is 0. The zero-order valence-corrected chi connectivity index (χ0v) is 21.1. The smallest absolute Gasteiger partial charge is 0.143 e. The Balaban J connectivity index is 1.34. The van der Waals surface area contributed by atoms with Crippen molar-refractivity contribution in [3.63, 3.8) is 0 Å². The Bertz CT molecular complexity index is 2250. The molecule has 9 rings (SSSR count). The van der Waals surface area contributed by atoms with Crippen molar-refractivity contribution in [2.75, 3.05) is 0 Å². The van der Waals surface area contributed by atoms with Crippen molar-refractivity contribution in [2.24, 2.45) is 0 Å². The van der Waals surface area contributed by atoms with E-state index in [0.717, 1.165) is 22.1 Å². The van der Waals surface area contributed by atoms with Crippen molar-refractivity contribution in [1.82, 2.24) is 0 Å². The Morgan fingerprint density at radius 1 is 0.308 bits per heavy atom. The molecule has 0 bridgehead atoms. The fraction of sp³-hybridized carbons (Fsp3) is 0. The average molecular weight is 495 g/mol. The maximum atomic E-state index is 6.70. The number of hydrogen-bond donors (Lipinski definition) is 0. The number of benzene rings is 7. The minimum Gasteiger partial charge on any atom is -0.455 e. The molecule has 0 fully saturated rings. The summed E-state index contributed by atoms with van der Waals surface area (Å²) in [5.41, 5.74) is 11.9. The molecule has 0 radical (unpaired) electrons. The van der Waals surface area contributed by atoms with Crippen LogP contribution in [0.15, 0.2) is 138 Å². The van der Waals surface area contributed by atoms with Crippen LogP contribution < -0.4 is 0 Å². The molecular weight excluding hydrogens is 472 g/mol. The standard InChI is InChI=1S/C38H22O/c1-2-11-24-23(9-1)10-5-14-25(24)31-17-8-20-35-37(31)34-19-7-18-33(38(34)39-35)28-21-22-32-27-13-4-3-12-26(27)29-15-6-16-30(28)36(29)32/h1-22H. The first-order valence-corrected chi connectivity index (χ1v) is 13.4. The fourth-order valence-electron chi connectivity index (χ4n) is 6.79. The molecule has 1 aromatic heterocycles. The predicted molar refractivity (Wildman–Crippen MR) is 164 cm³/mol. The Hall–Kier alpha value is -5.14. The van der Waals surface area contributed by atoms with Gasteiger partial charge in [0.1, 0.15) is 11.2 Å². The van der Waals surface area contributed by atoms with Crippen LogP contribution in [0.2, 0.25) is 0 Å². The Labute approximate surface area is 225 Å². The van der Waals surface area contributed by atoms with Gasteiger partial charge in [0.15, 0.2) is 0 Å². The summed E-state index contributed by atoms with van der Waals surface area (Å²) >= 11 is 0. The van der Waals surface area contributed by atoms with Gasteiger partial charge in [-0.3, -0.25) is 0 Å². The Morgan fingerprint density at radius 2 is 0.821 bits per heavy atom. The highest BCUT2D eigenvalue weighted by Crippen LogP contribution is 2.50. The van der Waals surface area contributed by atoms with E-state index >= 15 is 0 Å². The van der Waals surface area contributed by atoms with Gasteiger partial charge < -0.3 is 4.42 Å². The van der Waals surface area contributed by atoms with Gasteiger partial charge in [-0.1, -0.05) is 127 Å². The van der Waals surface area contributed by atoms with E-state index in [2.05, 4.69) is 133 Å². The van der Waals surface area contributed by atoms with Crippen LogP contribution in [0.4, 0.5) is 0 Å². The first-order chi connectivity index (χ1) is 19.4. The van der Waals surface area contributed by atoms with Crippen LogP contribution in [0.1, 0.15) is 0 Å². The molecule has 0 atom stereocenters. The normalized spacial score (nSPS) is 12.1. The van der Waals surface area contributed by atoms with Gasteiger partial charge in [-0.25, -0.2) is 0 Å². The van der Waals surface area contributed by atoms with Crippen LogP contribution in [0.3, 0.4) is 0 Å². The molecule has 0 amide bonds. The molecule has 1 heteroatoms. The van der Waals surface area contributed by atoms with Crippen LogP contribution in [0.25, 0.3) is 88.0 Å². The van der Waals surface area contributed by atoms with E-state index in [1.165, 1.54) is 65.9 Å². The molecule has 180 valence electrons. The molecule has 1 heterocycles. The van der Waals surface area contributed by atoms with Gasteiger partial charge in [0.25, 0.3) is 0 Å². The molecule has 0 saturated heterocycles. The maximum absolute atomic E-state index is 6.70. The lowest BCUT2D eigenvalue weighted by atomic mass is 9.92. The SMILES string of the molecule is c1ccc2c(c1)-c1cccc3c(-c4cccc5c4oc4cccc(-c6cccc7ccccc67)c45)ccc-2c13. The number of fused-ring (bicyclic) bond motifs is 7. The molecular formula is C38H22O. The van der Waals surface area contributed by atoms with Crippen LogP contribution in [0, 0.1) is 0 Å². The van der Waals surface area contributed by atoms with Crippen LogP contribution in [-0.4, -0.2) is 0 Å². The van der Waals surface area contributed by atoms with E-state index in [1.54, 1.807) is 0 Å². The Kier molecular flexibility index (Phi) is 4.11. The maximum Gasteiger partial charge on any atom is 0.143 e. The molecule has 7 aromatic carbocycles. The second-order valence-corrected chi connectivity index (χ2v) is 10.4. The van der Waals surface area contributed by atoms with Gasteiger partial charge >= 0.3 is 0 Å². The lowest BCUT2D eigenvalue weighted by molar-refractivity contribution is 0.670. The van der Waals surface area contributed by atoms with Crippen molar-refractivity contribution >= 4 is 43.5 Å². The van der Waals surface area contributed by atoms with E-state index < -0.39 is 0 Å². The van der Waals surface area contributed by atoms with E-state index in [-0.39, 0.29) is 0 Å². The van der Waals surface area contributed by atoms with E-state index in [9.17, 15) is 0 Å². The molecule has 1 nitrogen and oxygen atoms in total. The van der Waals surface area contributed by atoms with Gasteiger partial charge in [-0.15, -0.1) is 0 Å². The molecule has 1 aliphatic rings. The summed E-state index contributed by atoms with van der Waals surface area (Å²) in [6, 6.07) is 48.1. The molecule has 39 heavy (non-hydrogen) atoms. The zero-order chi connectivity index (χ0) is 25.5. The lowest BCUT2D eigenvalue weighted by Crippen LogP contribution is -1.85. The number of furan rings is 1. The highest BCUT2D eigenvalue weighted by atomic mass is 16.3. The molecule has 1 aliphatic carbocycles. The zero-order valence-electron chi connectivity index (χ0n) is 21.1. The summed E-state index contributed by atoms with van der Waals surface area (Å²) in [5, 5.41) is 7.42. The molecule has 0 saturated carbocycles. The summed E-state index contributed by atoms with van der Waals surface area (Å²) in [4.78, 5) is 0. The van der Waals surface area contributed by atoms with Crippen LogP contribution in [-0.2, 0) is 0 Å². The van der Waals surface area contributed by atoms with Crippen LogP contribution >= 0.6 is 0 Å². The van der Waals surface area contributed by atoms with Gasteiger partial charge in [0.05, 0.1) is 0 Å². The minimum atomic E-state index is 0.918. The van der Waals surface area contributed by atoms with Gasteiger partial charge in [-0.2, -0.15) is 0 Å². The van der Waals surface area contributed by atoms with Crippen molar-refractivity contribution in [1.29, 1.82) is 0 Å². The first-order valence-electron chi connectivity index (χ1n) is 13.4. The van der Waals surface area contributed by atoms with Gasteiger partial charge in [-0.05, 0) is 66.6 Å². The van der Waals surface area contributed by atoms with E-state index in [4.69, 9.17) is 4.42 Å². The van der Waals surface area contributed by atoms with Gasteiger partial charge in [0.2, 0.25) is 0 Å². The van der Waals surface area contributed by atoms with Crippen molar-refractivity contribution in [3.05, 3.63) is 133 Å². The highest BCUT2D eigenvalue weighted by Gasteiger charge is 2.23. The third kappa shape index (κ3) is 2.79. The topological polar surface area (TPSA) is 13.1 Å². The quantitative estimate of drug-likeness (QED) is 0.233. The molecule has 0 aliphatic heterocycles. The first kappa shape index (κ1) is 20.9. The largest absolute Gasteiger partial charge is 0.455 e. The second-order valence-electron chi connectivity index (χ2n) is 10.4. The molecule has 0 spiro atoms. The number of rotatable bonds is 2. The number of para-hydroxylation sites is 1. The van der Waals surface area contributed by atoms with Crippen molar-refractivity contribution < 1.29 is 4.42 Å². The average Bonchev–Trinajstić information content (AvgIpc) is 3.55.